The first-order chi connectivity index (χ1) is 13.5. The number of carbonyl (C=O) groups is 1. The number of ketones is 1. The summed E-state index contributed by atoms with van der Waals surface area (Å²) in [5, 5.41) is 14.8. The quantitative estimate of drug-likeness (QED) is 0.244. The number of ether oxygens (including phenoxy) is 1. The van der Waals surface area contributed by atoms with Gasteiger partial charge >= 0.3 is 5.69 Å². The summed E-state index contributed by atoms with van der Waals surface area (Å²) in [6.45, 7) is 2.38. The van der Waals surface area contributed by atoms with Crippen molar-refractivity contribution in [3.05, 3.63) is 79.8 Å². The molecule has 0 bridgehead atoms. The minimum absolute atomic E-state index is 0.0373. The summed E-state index contributed by atoms with van der Waals surface area (Å²) in [5.74, 6) is 0.609. The highest BCUT2D eigenvalue weighted by molar-refractivity contribution is 7.14. The first kappa shape index (κ1) is 19.5. The molecule has 0 fully saturated rings. The van der Waals surface area contributed by atoms with Gasteiger partial charge in [-0.25, -0.2) is 0 Å². The third-order valence-electron chi connectivity index (χ3n) is 4.15. The molecular formula is C20H19N3O4S. The Morgan fingerprint density at radius 2 is 2.18 bits per heavy atom. The van der Waals surface area contributed by atoms with Crippen molar-refractivity contribution in [1.29, 1.82) is 0 Å². The molecule has 3 aromatic rings. The molecule has 0 radical (unpaired) electrons. The number of nitrogens with zero attached hydrogens (tertiary/aromatic N) is 3. The third kappa shape index (κ3) is 4.52. The van der Waals surface area contributed by atoms with Gasteiger partial charge in [-0.2, -0.15) is 5.10 Å². The Labute approximate surface area is 166 Å². The molecule has 0 spiro atoms. The van der Waals surface area contributed by atoms with E-state index in [1.807, 2.05) is 24.3 Å². The van der Waals surface area contributed by atoms with Gasteiger partial charge in [0.25, 0.3) is 0 Å². The highest BCUT2D eigenvalue weighted by Crippen LogP contribution is 2.23. The van der Waals surface area contributed by atoms with Gasteiger partial charge in [0.2, 0.25) is 0 Å². The van der Waals surface area contributed by atoms with Crippen LogP contribution in [-0.4, -0.2) is 27.6 Å². The van der Waals surface area contributed by atoms with E-state index in [4.69, 9.17) is 4.74 Å². The standard InChI is InChI=1S/C20H19N3O4S/c1-3-17-6-9-20(28-17)18(24)7-4-14-5-8-19(27-2)15(10-14)12-22-13-16(11-21-22)23(25)26/h4-11,13H,3,12H2,1-2H3/b7-4+. The van der Waals surface area contributed by atoms with E-state index in [1.165, 1.54) is 33.3 Å². The number of carbonyl (C=O) groups excluding carboxylic acids is 1. The van der Waals surface area contributed by atoms with Crippen LogP contribution in [0.25, 0.3) is 6.08 Å². The molecule has 0 unspecified atom stereocenters. The lowest BCUT2D eigenvalue weighted by Crippen LogP contribution is -2.02. The second kappa shape index (κ2) is 8.62. The molecule has 0 aliphatic heterocycles. The molecule has 8 heteroatoms. The van der Waals surface area contributed by atoms with Crippen molar-refractivity contribution >= 4 is 28.9 Å². The molecule has 144 valence electrons. The van der Waals surface area contributed by atoms with E-state index < -0.39 is 4.92 Å². The molecule has 0 saturated carbocycles. The van der Waals surface area contributed by atoms with E-state index in [9.17, 15) is 14.9 Å². The number of aromatic nitrogens is 2. The van der Waals surface area contributed by atoms with E-state index in [0.29, 0.717) is 17.2 Å². The fourth-order valence-electron chi connectivity index (χ4n) is 2.69. The molecule has 0 aliphatic rings. The van der Waals surface area contributed by atoms with E-state index >= 15 is 0 Å². The molecule has 2 heterocycles. The van der Waals surface area contributed by atoms with Crippen LogP contribution in [0.5, 0.6) is 5.75 Å². The molecular weight excluding hydrogens is 378 g/mol. The number of thiophene rings is 1. The number of aryl methyl sites for hydroxylation is 1. The van der Waals surface area contributed by atoms with Crippen LogP contribution in [0.1, 0.15) is 32.6 Å². The van der Waals surface area contributed by atoms with Gasteiger partial charge in [0.15, 0.2) is 5.78 Å². The van der Waals surface area contributed by atoms with Gasteiger partial charge in [-0.05, 0) is 42.3 Å². The third-order valence-corrected chi connectivity index (χ3v) is 5.39. The van der Waals surface area contributed by atoms with Gasteiger partial charge < -0.3 is 4.74 Å². The Morgan fingerprint density at radius 3 is 2.82 bits per heavy atom. The van der Waals surface area contributed by atoms with E-state index in [2.05, 4.69) is 12.0 Å². The molecule has 0 N–H and O–H groups in total. The van der Waals surface area contributed by atoms with E-state index in [-0.39, 0.29) is 11.5 Å². The smallest absolute Gasteiger partial charge is 0.307 e. The van der Waals surface area contributed by atoms with Crippen molar-refractivity contribution in [3.8, 4) is 5.75 Å². The number of hydrogen-bond acceptors (Lipinski definition) is 6. The van der Waals surface area contributed by atoms with Crippen molar-refractivity contribution < 1.29 is 14.5 Å². The summed E-state index contributed by atoms with van der Waals surface area (Å²) in [6, 6.07) is 9.35. The summed E-state index contributed by atoms with van der Waals surface area (Å²) in [5.41, 5.74) is 1.57. The SMILES string of the molecule is CCc1ccc(C(=O)/C=C/c2ccc(OC)c(Cn3cc([N+](=O)[O-])cn3)c2)s1. The zero-order chi connectivity index (χ0) is 20.1. The Morgan fingerprint density at radius 1 is 1.36 bits per heavy atom. The average molecular weight is 397 g/mol. The van der Waals surface area contributed by atoms with Crippen molar-refractivity contribution in [1.82, 2.24) is 9.78 Å². The van der Waals surface area contributed by atoms with Gasteiger partial charge in [-0.3, -0.25) is 19.6 Å². The second-order valence-electron chi connectivity index (χ2n) is 6.04. The molecule has 0 saturated heterocycles. The minimum Gasteiger partial charge on any atom is -0.496 e. The van der Waals surface area contributed by atoms with Crippen LogP contribution in [0.3, 0.4) is 0 Å². The summed E-state index contributed by atoms with van der Waals surface area (Å²) in [4.78, 5) is 24.6. The van der Waals surface area contributed by atoms with Gasteiger partial charge in [0, 0.05) is 10.4 Å². The zero-order valence-corrected chi connectivity index (χ0v) is 16.3. The lowest BCUT2D eigenvalue weighted by molar-refractivity contribution is -0.385. The van der Waals surface area contributed by atoms with Crippen LogP contribution in [0.2, 0.25) is 0 Å². The Kier molecular flexibility index (Phi) is 6.00. The summed E-state index contributed by atoms with van der Waals surface area (Å²) in [7, 11) is 1.56. The summed E-state index contributed by atoms with van der Waals surface area (Å²) >= 11 is 1.50. The van der Waals surface area contributed by atoms with Crippen LogP contribution in [0, 0.1) is 10.1 Å². The van der Waals surface area contributed by atoms with Crippen LogP contribution in [0.15, 0.2) is 48.8 Å². The summed E-state index contributed by atoms with van der Waals surface area (Å²) < 4.78 is 6.85. The molecule has 2 aromatic heterocycles. The molecule has 1 aromatic carbocycles. The fraction of sp³-hybridized carbons (Fsp3) is 0.200. The Hall–Kier alpha value is -3.26. The van der Waals surface area contributed by atoms with Crippen molar-refractivity contribution in [2.75, 3.05) is 7.11 Å². The van der Waals surface area contributed by atoms with Crippen LogP contribution >= 0.6 is 11.3 Å². The molecule has 0 aliphatic carbocycles. The lowest BCUT2D eigenvalue weighted by atomic mass is 10.1. The van der Waals surface area contributed by atoms with Crippen molar-refractivity contribution in [2.45, 2.75) is 19.9 Å². The number of hydrogen-bond donors (Lipinski definition) is 0. The molecule has 3 rings (SSSR count). The van der Waals surface area contributed by atoms with Gasteiger partial charge in [-0.1, -0.05) is 19.1 Å². The Balaban J connectivity index is 1.79. The van der Waals surface area contributed by atoms with Crippen molar-refractivity contribution in [3.63, 3.8) is 0 Å². The highest BCUT2D eigenvalue weighted by atomic mass is 32.1. The molecule has 0 amide bonds. The number of rotatable bonds is 8. The number of methoxy groups -OCH3 is 1. The molecule has 28 heavy (non-hydrogen) atoms. The zero-order valence-electron chi connectivity index (χ0n) is 15.5. The topological polar surface area (TPSA) is 87.3 Å². The number of nitro groups is 1. The molecule has 0 atom stereocenters. The maximum atomic E-state index is 12.3. The first-order valence-electron chi connectivity index (χ1n) is 8.65. The van der Waals surface area contributed by atoms with Gasteiger partial charge in [-0.15, -0.1) is 11.3 Å². The van der Waals surface area contributed by atoms with Crippen LogP contribution in [0.4, 0.5) is 5.69 Å². The monoisotopic (exact) mass is 397 g/mol. The summed E-state index contributed by atoms with van der Waals surface area (Å²) in [6.07, 6.45) is 6.79. The van der Waals surface area contributed by atoms with E-state index in [0.717, 1.165) is 17.5 Å². The predicted octanol–water partition coefficient (Wildman–Crippen LogP) is 4.37. The lowest BCUT2D eigenvalue weighted by Gasteiger charge is -2.09. The fourth-order valence-corrected chi connectivity index (χ4v) is 3.56. The van der Waals surface area contributed by atoms with Gasteiger partial charge in [0.1, 0.15) is 18.1 Å². The van der Waals surface area contributed by atoms with Crippen molar-refractivity contribution in [2.24, 2.45) is 0 Å². The first-order valence-corrected chi connectivity index (χ1v) is 9.46. The predicted molar refractivity (Wildman–Crippen MR) is 108 cm³/mol. The highest BCUT2D eigenvalue weighted by Gasteiger charge is 2.11. The number of allylic oxidation sites excluding steroid dienone is 1. The maximum absolute atomic E-state index is 12.3. The van der Waals surface area contributed by atoms with Crippen LogP contribution < -0.4 is 4.74 Å². The molecule has 7 nitrogen and oxygen atoms in total. The van der Waals surface area contributed by atoms with Gasteiger partial charge in [0.05, 0.1) is 23.5 Å². The largest absolute Gasteiger partial charge is 0.496 e. The Bertz CT molecular complexity index is 1040. The second-order valence-corrected chi connectivity index (χ2v) is 7.21. The van der Waals surface area contributed by atoms with Crippen LogP contribution in [-0.2, 0) is 13.0 Å². The maximum Gasteiger partial charge on any atom is 0.307 e. The number of benzene rings is 1. The minimum atomic E-state index is -0.486. The normalized spacial score (nSPS) is 11.1. The van der Waals surface area contributed by atoms with E-state index in [1.54, 1.807) is 25.3 Å². The average Bonchev–Trinajstić information content (AvgIpc) is 3.36.